The summed E-state index contributed by atoms with van der Waals surface area (Å²) in [4.78, 5) is 29.0. The van der Waals surface area contributed by atoms with Crippen molar-refractivity contribution < 1.29 is 9.59 Å². The first kappa shape index (κ1) is 22.2. The molecule has 28 heavy (non-hydrogen) atoms. The number of amides is 2. The molecule has 1 heterocycles. The van der Waals surface area contributed by atoms with E-state index in [4.69, 9.17) is 17.3 Å². The molecule has 2 atom stereocenters. The van der Waals surface area contributed by atoms with E-state index in [1.54, 1.807) is 34.1 Å². The number of piperazine rings is 1. The number of hydrogen-bond donors (Lipinski definition) is 1. The van der Waals surface area contributed by atoms with Crippen molar-refractivity contribution in [3.05, 3.63) is 70.7 Å². The van der Waals surface area contributed by atoms with Crippen molar-refractivity contribution in [2.24, 2.45) is 11.7 Å². The summed E-state index contributed by atoms with van der Waals surface area (Å²) in [7, 11) is 0. The number of carbonyl (C=O) groups is 2. The first-order chi connectivity index (χ1) is 13.0. The van der Waals surface area contributed by atoms with E-state index in [2.05, 4.69) is 0 Å². The fraction of sp³-hybridized carbons (Fsp3) is 0.333. The Morgan fingerprint density at radius 2 is 1.57 bits per heavy atom. The standard InChI is InChI=1S/C21H24ClN3O2.ClH/c1-15(19(23)16-6-3-2-4-7-16)20(26)24-10-12-25(13-11-24)21(27)17-8-5-9-18(22)14-17;/h2-9,14-15,19H,10-13,23H2,1H3;1H. The lowest BCUT2D eigenvalue weighted by Crippen LogP contribution is -2.52. The van der Waals surface area contributed by atoms with Crippen LogP contribution in [0.1, 0.15) is 28.9 Å². The molecule has 2 N–H and O–H groups in total. The van der Waals surface area contributed by atoms with Gasteiger partial charge in [0.1, 0.15) is 0 Å². The van der Waals surface area contributed by atoms with E-state index in [0.29, 0.717) is 36.8 Å². The number of rotatable bonds is 4. The summed E-state index contributed by atoms with van der Waals surface area (Å²) in [6.07, 6.45) is 0. The van der Waals surface area contributed by atoms with Crippen LogP contribution >= 0.6 is 24.0 Å². The van der Waals surface area contributed by atoms with E-state index >= 15 is 0 Å². The number of halogens is 2. The Hall–Kier alpha value is -2.08. The largest absolute Gasteiger partial charge is 0.339 e. The second kappa shape index (κ2) is 9.92. The molecule has 2 aromatic rings. The predicted molar refractivity (Wildman–Crippen MR) is 114 cm³/mol. The second-order valence-corrected chi connectivity index (χ2v) is 7.29. The van der Waals surface area contributed by atoms with E-state index in [-0.39, 0.29) is 36.2 Å². The Kier molecular flexibility index (Phi) is 7.87. The Morgan fingerprint density at radius 1 is 0.964 bits per heavy atom. The van der Waals surface area contributed by atoms with Gasteiger partial charge in [0.25, 0.3) is 5.91 Å². The summed E-state index contributed by atoms with van der Waals surface area (Å²) in [5, 5.41) is 0.540. The molecule has 1 aliphatic rings. The zero-order valence-corrected chi connectivity index (χ0v) is 17.3. The van der Waals surface area contributed by atoms with Gasteiger partial charge >= 0.3 is 0 Å². The van der Waals surface area contributed by atoms with Crippen molar-refractivity contribution in [2.45, 2.75) is 13.0 Å². The van der Waals surface area contributed by atoms with Crippen molar-refractivity contribution in [3.63, 3.8) is 0 Å². The number of benzene rings is 2. The van der Waals surface area contributed by atoms with Gasteiger partial charge in [-0.05, 0) is 23.8 Å². The van der Waals surface area contributed by atoms with Gasteiger partial charge in [-0.1, -0.05) is 54.9 Å². The molecule has 5 nitrogen and oxygen atoms in total. The Labute approximate surface area is 176 Å². The maximum Gasteiger partial charge on any atom is 0.254 e. The Morgan fingerprint density at radius 3 is 2.18 bits per heavy atom. The molecule has 0 aliphatic carbocycles. The molecule has 150 valence electrons. The van der Waals surface area contributed by atoms with Gasteiger partial charge in [-0.3, -0.25) is 9.59 Å². The van der Waals surface area contributed by atoms with Gasteiger partial charge in [-0.25, -0.2) is 0 Å². The van der Waals surface area contributed by atoms with Gasteiger partial charge in [-0.2, -0.15) is 0 Å². The summed E-state index contributed by atoms with van der Waals surface area (Å²) in [5.41, 5.74) is 7.81. The zero-order valence-electron chi connectivity index (χ0n) is 15.8. The molecule has 0 saturated carbocycles. The molecule has 0 bridgehead atoms. The van der Waals surface area contributed by atoms with E-state index in [9.17, 15) is 9.59 Å². The van der Waals surface area contributed by atoms with Gasteiger partial charge in [0.05, 0.1) is 5.92 Å². The van der Waals surface area contributed by atoms with Gasteiger partial charge in [-0.15, -0.1) is 12.4 Å². The lowest BCUT2D eigenvalue weighted by atomic mass is 9.94. The maximum atomic E-state index is 12.8. The normalized spacial score (nSPS) is 16.1. The van der Waals surface area contributed by atoms with Crippen molar-refractivity contribution in [2.75, 3.05) is 26.2 Å². The van der Waals surface area contributed by atoms with E-state index < -0.39 is 0 Å². The quantitative estimate of drug-likeness (QED) is 0.822. The lowest BCUT2D eigenvalue weighted by Gasteiger charge is -2.37. The fourth-order valence-electron chi connectivity index (χ4n) is 3.34. The van der Waals surface area contributed by atoms with Gasteiger partial charge in [0.2, 0.25) is 5.91 Å². The van der Waals surface area contributed by atoms with Gasteiger partial charge in [0, 0.05) is 42.8 Å². The molecule has 0 radical (unpaired) electrons. The van der Waals surface area contributed by atoms with Crippen molar-refractivity contribution in [1.82, 2.24) is 9.80 Å². The van der Waals surface area contributed by atoms with Gasteiger partial charge < -0.3 is 15.5 Å². The number of nitrogens with two attached hydrogens (primary N) is 1. The summed E-state index contributed by atoms with van der Waals surface area (Å²) in [6, 6.07) is 16.2. The predicted octanol–water partition coefficient (Wildman–Crippen LogP) is 3.38. The molecule has 0 spiro atoms. The molecule has 3 rings (SSSR count). The highest BCUT2D eigenvalue weighted by atomic mass is 35.5. The monoisotopic (exact) mass is 421 g/mol. The smallest absolute Gasteiger partial charge is 0.254 e. The number of hydrogen-bond acceptors (Lipinski definition) is 3. The minimum Gasteiger partial charge on any atom is -0.339 e. The summed E-state index contributed by atoms with van der Waals surface area (Å²) in [6.45, 7) is 3.90. The first-order valence-electron chi connectivity index (χ1n) is 9.11. The first-order valence-corrected chi connectivity index (χ1v) is 9.49. The summed E-state index contributed by atoms with van der Waals surface area (Å²) < 4.78 is 0. The van der Waals surface area contributed by atoms with Crippen LogP contribution in [0, 0.1) is 5.92 Å². The average Bonchev–Trinajstić information content (AvgIpc) is 2.72. The minimum absolute atomic E-state index is 0. The average molecular weight is 422 g/mol. The summed E-state index contributed by atoms with van der Waals surface area (Å²) in [5.74, 6) is -0.345. The maximum absolute atomic E-state index is 12.8. The molecular formula is C21H25Cl2N3O2. The molecule has 1 aliphatic heterocycles. The minimum atomic E-state index is -0.343. The molecule has 7 heteroatoms. The molecule has 2 amide bonds. The number of nitrogens with zero attached hydrogens (tertiary/aromatic N) is 2. The van der Waals surface area contributed by atoms with E-state index in [0.717, 1.165) is 5.56 Å². The molecule has 1 fully saturated rings. The van der Waals surface area contributed by atoms with Crippen LogP contribution in [0.25, 0.3) is 0 Å². The second-order valence-electron chi connectivity index (χ2n) is 6.85. The molecule has 2 aromatic carbocycles. The lowest BCUT2D eigenvalue weighted by molar-refractivity contribution is -0.137. The van der Waals surface area contributed by atoms with Crippen molar-refractivity contribution in [3.8, 4) is 0 Å². The van der Waals surface area contributed by atoms with Crippen LogP contribution in [0.3, 0.4) is 0 Å². The fourth-order valence-corrected chi connectivity index (χ4v) is 3.53. The summed E-state index contributed by atoms with van der Waals surface area (Å²) >= 11 is 5.97. The van der Waals surface area contributed by atoms with Gasteiger partial charge in [0.15, 0.2) is 0 Å². The van der Waals surface area contributed by atoms with Crippen LogP contribution in [0.15, 0.2) is 54.6 Å². The highest BCUT2D eigenvalue weighted by Crippen LogP contribution is 2.22. The molecule has 0 aromatic heterocycles. The van der Waals surface area contributed by atoms with Crippen LogP contribution < -0.4 is 5.73 Å². The van der Waals surface area contributed by atoms with Crippen molar-refractivity contribution >= 4 is 35.8 Å². The Bertz CT molecular complexity index is 808. The van der Waals surface area contributed by atoms with Crippen LogP contribution in [-0.2, 0) is 4.79 Å². The molecule has 1 saturated heterocycles. The SMILES string of the molecule is CC(C(=O)N1CCN(C(=O)c2cccc(Cl)c2)CC1)C(N)c1ccccc1.Cl. The van der Waals surface area contributed by atoms with Crippen LogP contribution in [0.4, 0.5) is 0 Å². The third kappa shape index (κ3) is 5.04. The third-order valence-corrected chi connectivity index (χ3v) is 5.30. The van der Waals surface area contributed by atoms with E-state index in [1.807, 2.05) is 37.3 Å². The topological polar surface area (TPSA) is 66.6 Å². The van der Waals surface area contributed by atoms with Crippen LogP contribution in [-0.4, -0.2) is 47.8 Å². The highest BCUT2D eigenvalue weighted by Gasteiger charge is 2.30. The Balaban J connectivity index is 0.00000280. The zero-order chi connectivity index (χ0) is 19.4. The third-order valence-electron chi connectivity index (χ3n) is 5.06. The molecular weight excluding hydrogens is 397 g/mol. The van der Waals surface area contributed by atoms with Crippen molar-refractivity contribution in [1.29, 1.82) is 0 Å². The number of carbonyl (C=O) groups excluding carboxylic acids is 2. The van der Waals surface area contributed by atoms with Crippen LogP contribution in [0.2, 0.25) is 5.02 Å². The highest BCUT2D eigenvalue weighted by molar-refractivity contribution is 6.30. The van der Waals surface area contributed by atoms with Crippen LogP contribution in [0.5, 0.6) is 0 Å². The molecule has 2 unspecified atom stereocenters. The van der Waals surface area contributed by atoms with E-state index in [1.165, 1.54) is 0 Å².